The minimum absolute atomic E-state index is 0.198. The number of aliphatic hydroxyl groups excluding tert-OH is 1. The molecule has 5 nitrogen and oxygen atoms in total. The standard InChI is InChI=1S/C7H18N4O/c1-2-6(3-4-12)5-10-7(8)11-9/h6,12H,2-5,9H2,1H3,(H3,8,10,11). The predicted molar refractivity (Wildman–Crippen MR) is 49.3 cm³/mol. The van der Waals surface area contributed by atoms with Crippen molar-refractivity contribution in [2.45, 2.75) is 19.8 Å². The Hall–Kier alpha value is -0.810. The highest BCUT2D eigenvalue weighted by Gasteiger charge is 2.03. The second kappa shape index (κ2) is 6.87. The smallest absolute Gasteiger partial charge is 0.203 e. The second-order valence-corrected chi connectivity index (χ2v) is 2.66. The van der Waals surface area contributed by atoms with Crippen LogP contribution in [-0.4, -0.2) is 24.2 Å². The number of nitrogens with two attached hydrogens (primary N) is 2. The van der Waals surface area contributed by atoms with Crippen molar-refractivity contribution in [1.82, 2.24) is 5.43 Å². The molecule has 0 aliphatic heterocycles. The van der Waals surface area contributed by atoms with Gasteiger partial charge in [0.1, 0.15) is 0 Å². The van der Waals surface area contributed by atoms with Crippen molar-refractivity contribution in [2.75, 3.05) is 13.2 Å². The zero-order chi connectivity index (χ0) is 9.40. The van der Waals surface area contributed by atoms with E-state index in [-0.39, 0.29) is 12.6 Å². The number of nitrogens with zero attached hydrogens (tertiary/aromatic N) is 1. The van der Waals surface area contributed by atoms with Crippen molar-refractivity contribution in [3.8, 4) is 0 Å². The molecule has 1 atom stereocenters. The normalized spacial score (nSPS) is 14.4. The number of nitrogens with one attached hydrogen (secondary N) is 1. The lowest BCUT2D eigenvalue weighted by molar-refractivity contribution is 0.256. The number of aliphatic imine (C=N–C) groups is 1. The molecule has 1 unspecified atom stereocenters. The number of aliphatic hydroxyl groups is 1. The van der Waals surface area contributed by atoms with Crippen LogP contribution in [0.4, 0.5) is 0 Å². The van der Waals surface area contributed by atoms with Gasteiger partial charge in [-0.2, -0.15) is 0 Å². The molecule has 0 aliphatic rings. The van der Waals surface area contributed by atoms with E-state index in [1.165, 1.54) is 0 Å². The third-order valence-corrected chi connectivity index (χ3v) is 1.78. The molecule has 0 aliphatic carbocycles. The van der Waals surface area contributed by atoms with E-state index in [2.05, 4.69) is 17.3 Å². The molecule has 0 bridgehead atoms. The van der Waals surface area contributed by atoms with Gasteiger partial charge >= 0.3 is 0 Å². The fourth-order valence-corrected chi connectivity index (χ4v) is 0.880. The Morgan fingerprint density at radius 3 is 2.75 bits per heavy atom. The van der Waals surface area contributed by atoms with Gasteiger partial charge in [-0.3, -0.25) is 10.4 Å². The first kappa shape index (κ1) is 11.2. The van der Waals surface area contributed by atoms with E-state index >= 15 is 0 Å². The number of rotatable bonds is 5. The molecular formula is C7H18N4O. The first-order valence-electron chi connectivity index (χ1n) is 4.12. The highest BCUT2D eigenvalue weighted by Crippen LogP contribution is 2.07. The van der Waals surface area contributed by atoms with E-state index in [9.17, 15) is 0 Å². The van der Waals surface area contributed by atoms with Gasteiger partial charge in [0, 0.05) is 13.2 Å². The van der Waals surface area contributed by atoms with Crippen LogP contribution in [0, 0.1) is 5.92 Å². The summed E-state index contributed by atoms with van der Waals surface area (Å²) in [4.78, 5) is 3.98. The number of hydrazine groups is 1. The molecule has 5 heteroatoms. The summed E-state index contributed by atoms with van der Waals surface area (Å²) in [6, 6.07) is 0. The Balaban J connectivity index is 3.70. The van der Waals surface area contributed by atoms with E-state index in [4.69, 9.17) is 16.7 Å². The summed E-state index contributed by atoms with van der Waals surface area (Å²) in [6.45, 7) is 2.87. The zero-order valence-corrected chi connectivity index (χ0v) is 7.45. The number of hydrogen-bond donors (Lipinski definition) is 4. The summed E-state index contributed by atoms with van der Waals surface area (Å²) in [5, 5.41) is 8.67. The third kappa shape index (κ3) is 4.92. The molecule has 0 saturated carbocycles. The first-order valence-corrected chi connectivity index (χ1v) is 4.12. The molecule has 0 spiro atoms. The average Bonchev–Trinajstić information content (AvgIpc) is 2.11. The summed E-state index contributed by atoms with van der Waals surface area (Å²) < 4.78 is 0. The van der Waals surface area contributed by atoms with Crippen LogP contribution < -0.4 is 17.0 Å². The summed E-state index contributed by atoms with van der Waals surface area (Å²) in [5.74, 6) is 5.65. The number of hydrogen-bond acceptors (Lipinski definition) is 3. The van der Waals surface area contributed by atoms with Gasteiger partial charge in [-0.15, -0.1) is 0 Å². The summed E-state index contributed by atoms with van der Waals surface area (Å²) in [6.07, 6.45) is 1.75. The van der Waals surface area contributed by atoms with Gasteiger partial charge in [0.2, 0.25) is 5.96 Å². The van der Waals surface area contributed by atoms with Crippen molar-refractivity contribution >= 4 is 5.96 Å². The third-order valence-electron chi connectivity index (χ3n) is 1.78. The van der Waals surface area contributed by atoms with E-state index in [1.807, 2.05) is 0 Å². The molecule has 0 heterocycles. The highest BCUT2D eigenvalue weighted by molar-refractivity contribution is 5.77. The van der Waals surface area contributed by atoms with Gasteiger partial charge < -0.3 is 10.8 Å². The lowest BCUT2D eigenvalue weighted by Gasteiger charge is -2.09. The van der Waals surface area contributed by atoms with Crippen LogP contribution >= 0.6 is 0 Å². The Bertz CT molecular complexity index is 137. The molecule has 0 saturated heterocycles. The summed E-state index contributed by atoms with van der Waals surface area (Å²) in [5.41, 5.74) is 7.58. The maximum Gasteiger partial charge on any atom is 0.203 e. The van der Waals surface area contributed by atoms with Crippen LogP contribution in [-0.2, 0) is 0 Å². The Labute approximate surface area is 72.8 Å². The molecular weight excluding hydrogens is 156 g/mol. The van der Waals surface area contributed by atoms with Crippen molar-refractivity contribution in [3.63, 3.8) is 0 Å². The highest BCUT2D eigenvalue weighted by atomic mass is 16.3. The van der Waals surface area contributed by atoms with Crippen molar-refractivity contribution in [1.29, 1.82) is 0 Å². The van der Waals surface area contributed by atoms with Crippen molar-refractivity contribution < 1.29 is 5.11 Å². The topological polar surface area (TPSA) is 96.7 Å². The molecule has 0 aromatic carbocycles. The van der Waals surface area contributed by atoms with Crippen LogP contribution in [0.5, 0.6) is 0 Å². The Morgan fingerprint density at radius 1 is 1.67 bits per heavy atom. The summed E-state index contributed by atoms with van der Waals surface area (Å²) >= 11 is 0. The second-order valence-electron chi connectivity index (χ2n) is 2.66. The molecule has 0 radical (unpaired) electrons. The zero-order valence-electron chi connectivity index (χ0n) is 7.45. The number of guanidine groups is 1. The quantitative estimate of drug-likeness (QED) is 0.189. The molecule has 12 heavy (non-hydrogen) atoms. The lowest BCUT2D eigenvalue weighted by atomic mass is 10.0. The van der Waals surface area contributed by atoms with Crippen molar-refractivity contribution in [2.24, 2.45) is 22.5 Å². The van der Waals surface area contributed by atoms with E-state index in [0.717, 1.165) is 12.8 Å². The van der Waals surface area contributed by atoms with Gasteiger partial charge in [-0.25, -0.2) is 5.84 Å². The van der Waals surface area contributed by atoms with Gasteiger partial charge in [0.05, 0.1) is 0 Å². The SMILES string of the molecule is CCC(CCO)CN=C(N)NN. The largest absolute Gasteiger partial charge is 0.396 e. The van der Waals surface area contributed by atoms with Crippen LogP contribution in [0.2, 0.25) is 0 Å². The van der Waals surface area contributed by atoms with Crippen LogP contribution in [0.3, 0.4) is 0 Å². The molecule has 0 fully saturated rings. The van der Waals surface area contributed by atoms with E-state index in [1.54, 1.807) is 0 Å². The molecule has 0 amide bonds. The predicted octanol–water partition coefficient (Wildman–Crippen LogP) is -0.827. The monoisotopic (exact) mass is 174 g/mol. The van der Waals surface area contributed by atoms with Crippen molar-refractivity contribution in [3.05, 3.63) is 0 Å². The minimum Gasteiger partial charge on any atom is -0.396 e. The average molecular weight is 174 g/mol. The Kier molecular flexibility index (Phi) is 6.41. The van der Waals surface area contributed by atoms with Gasteiger partial charge in [-0.1, -0.05) is 13.3 Å². The molecule has 0 aromatic heterocycles. The van der Waals surface area contributed by atoms with E-state index in [0.29, 0.717) is 12.5 Å². The first-order chi connectivity index (χ1) is 5.74. The lowest BCUT2D eigenvalue weighted by Crippen LogP contribution is -2.37. The summed E-state index contributed by atoms with van der Waals surface area (Å²) in [7, 11) is 0. The minimum atomic E-state index is 0.198. The van der Waals surface area contributed by atoms with Gasteiger partial charge in [-0.05, 0) is 12.3 Å². The molecule has 6 N–H and O–H groups in total. The molecule has 72 valence electrons. The fourth-order valence-electron chi connectivity index (χ4n) is 0.880. The maximum atomic E-state index is 8.67. The van der Waals surface area contributed by atoms with Crippen LogP contribution in [0.25, 0.3) is 0 Å². The van der Waals surface area contributed by atoms with Gasteiger partial charge in [0.25, 0.3) is 0 Å². The maximum absolute atomic E-state index is 8.67. The Morgan fingerprint density at radius 2 is 2.33 bits per heavy atom. The van der Waals surface area contributed by atoms with E-state index < -0.39 is 0 Å². The van der Waals surface area contributed by atoms with Crippen LogP contribution in [0.15, 0.2) is 4.99 Å². The fraction of sp³-hybridized carbons (Fsp3) is 0.857. The van der Waals surface area contributed by atoms with Crippen LogP contribution in [0.1, 0.15) is 19.8 Å². The molecule has 0 aromatic rings. The van der Waals surface area contributed by atoms with Gasteiger partial charge in [0.15, 0.2) is 0 Å². The molecule has 0 rings (SSSR count).